The molecule has 0 aliphatic carbocycles. The lowest BCUT2D eigenvalue weighted by molar-refractivity contribution is 0.0985. The van der Waals surface area contributed by atoms with E-state index in [4.69, 9.17) is 16.6 Å². The third kappa shape index (κ3) is 5.80. The summed E-state index contributed by atoms with van der Waals surface area (Å²) in [6.45, 7) is 5.08. The molecule has 194 valence electrons. The van der Waals surface area contributed by atoms with Crippen molar-refractivity contribution in [2.75, 3.05) is 42.9 Å². The zero-order chi connectivity index (χ0) is 26.7. The SMILES string of the molecule is CCN(c1ccccc1)S(=O)(=O)c1ccc(C(=O)N(CCN(C)C)c2nc3c(C)cc(Cl)cc3s2)cc1. The molecule has 3 aromatic carbocycles. The van der Waals surface area contributed by atoms with Crippen LogP contribution in [0, 0.1) is 6.92 Å². The lowest BCUT2D eigenvalue weighted by Gasteiger charge is -2.24. The molecule has 0 saturated carbocycles. The normalized spacial score (nSPS) is 11.7. The van der Waals surface area contributed by atoms with E-state index in [1.54, 1.807) is 48.2 Å². The van der Waals surface area contributed by atoms with Gasteiger partial charge in [0.15, 0.2) is 5.13 Å². The van der Waals surface area contributed by atoms with Gasteiger partial charge in [-0.25, -0.2) is 13.4 Å². The molecule has 0 spiro atoms. The van der Waals surface area contributed by atoms with E-state index in [1.807, 2.05) is 44.1 Å². The molecule has 10 heteroatoms. The van der Waals surface area contributed by atoms with Crippen molar-refractivity contribution in [2.24, 2.45) is 0 Å². The summed E-state index contributed by atoms with van der Waals surface area (Å²) in [5.41, 5.74) is 2.73. The predicted molar refractivity (Wildman–Crippen MR) is 153 cm³/mol. The van der Waals surface area contributed by atoms with Gasteiger partial charge in [0.05, 0.1) is 20.8 Å². The third-order valence-electron chi connectivity index (χ3n) is 5.91. The summed E-state index contributed by atoms with van der Waals surface area (Å²) in [4.78, 5) is 22.2. The first-order valence-corrected chi connectivity index (χ1v) is 14.5. The average molecular weight is 557 g/mol. The van der Waals surface area contributed by atoms with Crippen molar-refractivity contribution in [1.82, 2.24) is 9.88 Å². The third-order valence-corrected chi connectivity index (χ3v) is 9.07. The molecular weight excluding hydrogens is 528 g/mol. The van der Waals surface area contributed by atoms with Crippen molar-refractivity contribution in [3.05, 3.63) is 82.9 Å². The molecule has 0 bridgehead atoms. The monoisotopic (exact) mass is 556 g/mol. The van der Waals surface area contributed by atoms with Crippen LogP contribution in [0.25, 0.3) is 10.2 Å². The van der Waals surface area contributed by atoms with Crippen LogP contribution in [0.15, 0.2) is 71.6 Å². The molecule has 1 amide bonds. The van der Waals surface area contributed by atoms with Gasteiger partial charge >= 0.3 is 0 Å². The molecule has 0 fully saturated rings. The Morgan fingerprint density at radius 1 is 1.00 bits per heavy atom. The molecule has 0 aliphatic heterocycles. The molecule has 1 heterocycles. The Kier molecular flexibility index (Phi) is 8.18. The first-order chi connectivity index (χ1) is 17.6. The maximum atomic E-state index is 13.6. The summed E-state index contributed by atoms with van der Waals surface area (Å²) in [7, 11) is 0.0948. The van der Waals surface area contributed by atoms with Gasteiger partial charge in [0.1, 0.15) is 0 Å². The van der Waals surface area contributed by atoms with Crippen LogP contribution in [-0.2, 0) is 10.0 Å². The highest BCUT2D eigenvalue weighted by Gasteiger charge is 2.26. The maximum Gasteiger partial charge on any atom is 0.264 e. The van der Waals surface area contributed by atoms with Gasteiger partial charge in [0.25, 0.3) is 15.9 Å². The lowest BCUT2D eigenvalue weighted by Crippen LogP contribution is -2.36. The Balaban J connectivity index is 1.66. The Labute approximate surface area is 227 Å². The van der Waals surface area contributed by atoms with Crippen molar-refractivity contribution >= 4 is 59.9 Å². The zero-order valence-electron chi connectivity index (χ0n) is 21.2. The van der Waals surface area contributed by atoms with E-state index in [0.717, 1.165) is 15.8 Å². The Morgan fingerprint density at radius 3 is 2.30 bits per heavy atom. The van der Waals surface area contributed by atoms with Crippen molar-refractivity contribution < 1.29 is 13.2 Å². The van der Waals surface area contributed by atoms with E-state index >= 15 is 0 Å². The second kappa shape index (κ2) is 11.2. The van der Waals surface area contributed by atoms with Gasteiger partial charge in [-0.05, 0) is 82.0 Å². The molecule has 37 heavy (non-hydrogen) atoms. The predicted octanol–water partition coefficient (Wildman–Crippen LogP) is 5.68. The fourth-order valence-electron chi connectivity index (χ4n) is 3.98. The number of likely N-dealkylation sites (N-methyl/N-ethyl adjacent to an activating group) is 1. The fraction of sp³-hybridized carbons (Fsp3) is 0.259. The van der Waals surface area contributed by atoms with Gasteiger partial charge in [-0.15, -0.1) is 0 Å². The average Bonchev–Trinajstić information content (AvgIpc) is 3.29. The lowest BCUT2D eigenvalue weighted by atomic mass is 10.2. The number of para-hydroxylation sites is 1. The van der Waals surface area contributed by atoms with Crippen LogP contribution in [0.5, 0.6) is 0 Å². The van der Waals surface area contributed by atoms with Crippen LogP contribution < -0.4 is 9.21 Å². The van der Waals surface area contributed by atoms with Crippen molar-refractivity contribution in [1.29, 1.82) is 0 Å². The summed E-state index contributed by atoms with van der Waals surface area (Å²) in [5, 5.41) is 1.20. The number of halogens is 1. The van der Waals surface area contributed by atoms with E-state index in [2.05, 4.69) is 0 Å². The molecule has 0 N–H and O–H groups in total. The second-order valence-corrected chi connectivity index (χ2v) is 12.2. The van der Waals surface area contributed by atoms with Crippen molar-refractivity contribution in [2.45, 2.75) is 18.7 Å². The Morgan fingerprint density at radius 2 is 1.68 bits per heavy atom. The molecule has 0 unspecified atom stereocenters. The van der Waals surface area contributed by atoms with Crippen LogP contribution in [0.2, 0.25) is 5.02 Å². The molecule has 4 aromatic rings. The van der Waals surface area contributed by atoms with Crippen LogP contribution in [0.4, 0.5) is 10.8 Å². The summed E-state index contributed by atoms with van der Waals surface area (Å²) >= 11 is 7.65. The highest BCUT2D eigenvalue weighted by atomic mass is 35.5. The number of fused-ring (bicyclic) bond motifs is 1. The molecule has 0 radical (unpaired) electrons. The van der Waals surface area contributed by atoms with E-state index in [9.17, 15) is 13.2 Å². The van der Waals surface area contributed by atoms with Gasteiger partial charge in [-0.2, -0.15) is 0 Å². The minimum absolute atomic E-state index is 0.125. The number of aromatic nitrogens is 1. The van der Waals surface area contributed by atoms with Crippen LogP contribution in [0.1, 0.15) is 22.8 Å². The molecular formula is C27H29ClN4O3S2. The molecule has 4 rings (SSSR count). The molecule has 0 atom stereocenters. The number of thiazole rings is 1. The molecule has 1 aromatic heterocycles. The molecule has 7 nitrogen and oxygen atoms in total. The first-order valence-electron chi connectivity index (χ1n) is 11.8. The Bertz CT molecular complexity index is 1500. The summed E-state index contributed by atoms with van der Waals surface area (Å²) in [5.74, 6) is -0.246. The zero-order valence-corrected chi connectivity index (χ0v) is 23.6. The number of rotatable bonds is 9. The van der Waals surface area contributed by atoms with Gasteiger partial charge in [-0.1, -0.05) is 41.1 Å². The highest BCUT2D eigenvalue weighted by molar-refractivity contribution is 7.92. The van der Waals surface area contributed by atoms with E-state index in [1.165, 1.54) is 27.8 Å². The van der Waals surface area contributed by atoms with Crippen molar-refractivity contribution in [3.63, 3.8) is 0 Å². The molecule has 0 saturated heterocycles. The standard InChI is InChI=1S/C27H29ClN4O3S2/c1-5-32(22-9-7-6-8-10-22)37(34,35)23-13-11-20(12-14-23)26(33)31(16-15-30(3)4)27-29-25-19(2)17-21(28)18-24(25)36-27/h6-14,17-18H,5,15-16H2,1-4H3. The maximum absolute atomic E-state index is 13.6. The summed E-state index contributed by atoms with van der Waals surface area (Å²) < 4.78 is 28.9. The fourth-order valence-corrected chi connectivity index (χ4v) is 6.90. The van der Waals surface area contributed by atoms with E-state index < -0.39 is 10.0 Å². The molecule has 0 aliphatic rings. The van der Waals surface area contributed by atoms with Gasteiger partial charge in [-0.3, -0.25) is 14.0 Å². The number of aryl methyl sites for hydroxylation is 1. The minimum atomic E-state index is -3.79. The number of nitrogens with zero attached hydrogens (tertiary/aromatic N) is 4. The number of carbonyl (C=O) groups is 1. The highest BCUT2D eigenvalue weighted by Crippen LogP contribution is 2.34. The number of anilines is 2. The number of carbonyl (C=O) groups excluding carboxylic acids is 1. The number of sulfonamides is 1. The summed E-state index contributed by atoms with van der Waals surface area (Å²) in [6.07, 6.45) is 0. The second-order valence-electron chi connectivity index (χ2n) is 8.86. The number of hydrogen-bond acceptors (Lipinski definition) is 6. The van der Waals surface area contributed by atoms with Crippen molar-refractivity contribution in [3.8, 4) is 0 Å². The quantitative estimate of drug-likeness (QED) is 0.265. The number of amides is 1. The smallest absolute Gasteiger partial charge is 0.264 e. The number of hydrogen-bond donors (Lipinski definition) is 0. The van der Waals surface area contributed by atoms with Gasteiger partial charge in [0.2, 0.25) is 0 Å². The van der Waals surface area contributed by atoms with E-state index in [-0.39, 0.29) is 17.3 Å². The Hall–Kier alpha value is -2.98. The largest absolute Gasteiger partial charge is 0.308 e. The van der Waals surface area contributed by atoms with E-state index in [0.29, 0.717) is 34.5 Å². The van der Waals surface area contributed by atoms with Crippen LogP contribution in [-0.4, -0.2) is 57.9 Å². The topological polar surface area (TPSA) is 73.8 Å². The van der Waals surface area contributed by atoms with Crippen LogP contribution >= 0.6 is 22.9 Å². The minimum Gasteiger partial charge on any atom is -0.308 e. The van der Waals surface area contributed by atoms with Gasteiger partial charge in [0, 0.05) is 30.2 Å². The first kappa shape index (κ1) is 27.1. The van der Waals surface area contributed by atoms with Gasteiger partial charge < -0.3 is 4.90 Å². The number of benzene rings is 3. The summed E-state index contributed by atoms with van der Waals surface area (Å²) in [6, 6.07) is 18.8. The van der Waals surface area contributed by atoms with Crippen LogP contribution in [0.3, 0.4) is 0 Å².